The van der Waals surface area contributed by atoms with Crippen LogP contribution in [0.15, 0.2) is 18.3 Å². The number of nitrogens with one attached hydrogen (secondary N) is 1. The number of halogens is 3. The van der Waals surface area contributed by atoms with Crippen molar-refractivity contribution in [2.45, 2.75) is 18.7 Å². The van der Waals surface area contributed by atoms with Gasteiger partial charge in [0.25, 0.3) is 0 Å². The molecule has 0 spiro atoms. The summed E-state index contributed by atoms with van der Waals surface area (Å²) in [7, 11) is 0. The van der Waals surface area contributed by atoms with Gasteiger partial charge in [-0.15, -0.1) is 0 Å². The van der Waals surface area contributed by atoms with Crippen molar-refractivity contribution >= 4 is 0 Å². The van der Waals surface area contributed by atoms with Gasteiger partial charge in [-0.25, -0.2) is 4.98 Å². The third kappa shape index (κ3) is 2.05. The molecule has 0 amide bonds. The molecule has 1 saturated heterocycles. The summed E-state index contributed by atoms with van der Waals surface area (Å²) in [5, 5.41) is 3.28. The lowest BCUT2D eigenvalue weighted by molar-refractivity contribution is -0.137. The van der Waals surface area contributed by atoms with Crippen molar-refractivity contribution in [1.29, 1.82) is 0 Å². The van der Waals surface area contributed by atoms with Crippen LogP contribution in [0.1, 0.15) is 12.0 Å². The van der Waals surface area contributed by atoms with Crippen LogP contribution in [0.3, 0.4) is 0 Å². The van der Waals surface area contributed by atoms with Crippen LogP contribution in [0.5, 0.6) is 5.88 Å². The topological polar surface area (TPSA) is 34.1 Å². The molecule has 2 aliphatic rings. The molecule has 1 aliphatic carbocycles. The summed E-state index contributed by atoms with van der Waals surface area (Å²) in [5.41, 5.74) is -0.745. The van der Waals surface area contributed by atoms with Gasteiger partial charge in [0, 0.05) is 37.2 Å². The largest absolute Gasteiger partial charge is 0.474 e. The number of ether oxygens (including phenoxy) is 1. The quantitative estimate of drug-likeness (QED) is 0.882. The molecule has 98 valence electrons. The van der Waals surface area contributed by atoms with Gasteiger partial charge in [-0.1, -0.05) is 0 Å². The Labute approximate surface area is 102 Å². The van der Waals surface area contributed by atoms with Crippen molar-refractivity contribution in [1.82, 2.24) is 10.3 Å². The molecule has 0 radical (unpaired) electrons. The highest BCUT2D eigenvalue weighted by Gasteiger charge is 2.45. The summed E-state index contributed by atoms with van der Waals surface area (Å²) in [6.07, 6.45) is -2.28. The molecule has 3 atom stereocenters. The van der Waals surface area contributed by atoms with E-state index in [1.54, 1.807) is 0 Å². The van der Waals surface area contributed by atoms with E-state index in [-0.39, 0.29) is 12.0 Å². The zero-order valence-electron chi connectivity index (χ0n) is 9.57. The van der Waals surface area contributed by atoms with Crippen LogP contribution >= 0.6 is 0 Å². The Morgan fingerprint density at radius 2 is 1.94 bits per heavy atom. The summed E-state index contributed by atoms with van der Waals surface area (Å²) < 4.78 is 42.7. The molecule has 2 fully saturated rings. The number of alkyl halides is 3. The van der Waals surface area contributed by atoms with Crippen LogP contribution in [0.4, 0.5) is 13.2 Å². The fourth-order valence-electron chi connectivity index (χ4n) is 2.65. The fourth-order valence-corrected chi connectivity index (χ4v) is 2.65. The molecule has 1 saturated carbocycles. The molecule has 0 aromatic carbocycles. The lowest BCUT2D eigenvalue weighted by Gasteiger charge is -2.48. The first-order valence-electron chi connectivity index (χ1n) is 5.94. The second-order valence-electron chi connectivity index (χ2n) is 4.88. The van der Waals surface area contributed by atoms with Gasteiger partial charge in [0.05, 0.1) is 5.56 Å². The monoisotopic (exact) mass is 258 g/mol. The smallest absolute Gasteiger partial charge is 0.417 e. The molecule has 3 nitrogen and oxygen atoms in total. The maximum Gasteiger partial charge on any atom is 0.417 e. The van der Waals surface area contributed by atoms with E-state index in [4.69, 9.17) is 4.74 Å². The van der Waals surface area contributed by atoms with Crippen LogP contribution < -0.4 is 10.1 Å². The van der Waals surface area contributed by atoms with Crippen molar-refractivity contribution < 1.29 is 17.9 Å². The average Bonchev–Trinajstić information content (AvgIpc) is 2.36. The van der Waals surface area contributed by atoms with Gasteiger partial charge in [0.2, 0.25) is 5.88 Å². The Kier molecular flexibility index (Phi) is 2.69. The molecule has 2 heterocycles. The van der Waals surface area contributed by atoms with E-state index in [2.05, 4.69) is 10.3 Å². The van der Waals surface area contributed by atoms with Crippen LogP contribution in [0.25, 0.3) is 0 Å². The average molecular weight is 258 g/mol. The highest BCUT2D eigenvalue weighted by molar-refractivity contribution is 5.21. The molecule has 3 rings (SSSR count). The number of aromatic nitrogens is 1. The van der Waals surface area contributed by atoms with E-state index in [1.807, 2.05) is 0 Å². The van der Waals surface area contributed by atoms with Crippen molar-refractivity contribution in [2.75, 3.05) is 13.1 Å². The Morgan fingerprint density at radius 3 is 2.44 bits per heavy atom. The summed E-state index contributed by atoms with van der Waals surface area (Å²) >= 11 is 0. The summed E-state index contributed by atoms with van der Waals surface area (Å²) in [4.78, 5) is 3.73. The molecule has 1 unspecified atom stereocenters. The summed E-state index contributed by atoms with van der Waals surface area (Å²) in [6.45, 7) is 1.84. The molecule has 18 heavy (non-hydrogen) atoms. The predicted molar refractivity (Wildman–Crippen MR) is 58.1 cm³/mol. The van der Waals surface area contributed by atoms with E-state index in [9.17, 15) is 13.2 Å². The first kappa shape index (κ1) is 11.8. The molecule has 1 aromatic heterocycles. The predicted octanol–water partition coefficient (Wildman–Crippen LogP) is 2.09. The third-order valence-electron chi connectivity index (χ3n) is 3.67. The molecule has 2 bridgehead atoms. The normalized spacial score (nSPS) is 30.7. The zero-order chi connectivity index (χ0) is 12.8. The fraction of sp³-hybridized carbons (Fsp3) is 0.583. The Bertz CT molecular complexity index is 418. The lowest BCUT2D eigenvalue weighted by Crippen LogP contribution is -2.59. The molecular formula is C12H13F3N2O. The minimum Gasteiger partial charge on any atom is -0.474 e. The summed E-state index contributed by atoms with van der Waals surface area (Å²) in [6, 6.07) is 2.30. The van der Waals surface area contributed by atoms with Crippen LogP contribution in [-0.4, -0.2) is 24.2 Å². The molecule has 1 N–H and O–H groups in total. The second kappa shape index (κ2) is 4.12. The maximum atomic E-state index is 12.4. The van der Waals surface area contributed by atoms with E-state index in [1.165, 1.54) is 6.07 Å². The van der Waals surface area contributed by atoms with Gasteiger partial charge in [-0.05, 0) is 12.5 Å². The first-order valence-corrected chi connectivity index (χ1v) is 5.94. The van der Waals surface area contributed by atoms with Gasteiger partial charge in [-0.2, -0.15) is 13.2 Å². The number of nitrogens with zero attached hydrogens (tertiary/aromatic N) is 1. The van der Waals surface area contributed by atoms with E-state index < -0.39 is 11.7 Å². The first-order chi connectivity index (χ1) is 8.54. The minimum atomic E-state index is -4.34. The Morgan fingerprint density at radius 1 is 1.22 bits per heavy atom. The van der Waals surface area contributed by atoms with Gasteiger partial charge in [0.15, 0.2) is 0 Å². The number of hydrogen-bond acceptors (Lipinski definition) is 3. The molecular weight excluding hydrogens is 245 g/mol. The van der Waals surface area contributed by atoms with Gasteiger partial charge in [0.1, 0.15) is 6.10 Å². The van der Waals surface area contributed by atoms with Crippen LogP contribution in [0.2, 0.25) is 0 Å². The minimum absolute atomic E-state index is 0.107. The maximum absolute atomic E-state index is 12.4. The van der Waals surface area contributed by atoms with Crippen molar-refractivity contribution in [3.05, 3.63) is 23.9 Å². The number of hydrogen-bond donors (Lipinski definition) is 1. The SMILES string of the molecule is FC(F)(F)c1ccc(OC2[C@@H]3CNC[C@H]2C3)nc1. The number of fused-ring (bicyclic) bond motifs is 2. The Balaban J connectivity index is 1.67. The number of rotatable bonds is 2. The highest BCUT2D eigenvalue weighted by Crippen LogP contribution is 2.39. The molecule has 1 aromatic rings. The van der Waals surface area contributed by atoms with Gasteiger partial charge in [-0.3, -0.25) is 0 Å². The second-order valence-corrected chi connectivity index (χ2v) is 4.88. The molecule has 1 aliphatic heterocycles. The standard InChI is InChI=1S/C12H13F3N2O/c13-12(14,15)9-1-2-10(17-6-9)18-11-7-3-8(11)5-16-4-7/h1-2,6-8,11,16H,3-5H2/t7-,8+,11?. The Hall–Kier alpha value is -1.30. The third-order valence-corrected chi connectivity index (χ3v) is 3.67. The lowest BCUT2D eigenvalue weighted by atomic mass is 9.69. The van der Waals surface area contributed by atoms with Crippen LogP contribution in [0, 0.1) is 11.8 Å². The van der Waals surface area contributed by atoms with Gasteiger partial charge >= 0.3 is 6.18 Å². The highest BCUT2D eigenvalue weighted by atomic mass is 19.4. The van der Waals surface area contributed by atoms with Crippen molar-refractivity contribution in [3.63, 3.8) is 0 Å². The summed E-state index contributed by atoms with van der Waals surface area (Å²) in [5.74, 6) is 1.21. The van der Waals surface area contributed by atoms with Crippen molar-refractivity contribution in [2.24, 2.45) is 11.8 Å². The van der Waals surface area contributed by atoms with E-state index in [0.29, 0.717) is 11.8 Å². The van der Waals surface area contributed by atoms with Gasteiger partial charge < -0.3 is 10.1 Å². The number of pyridine rings is 1. The van der Waals surface area contributed by atoms with Crippen molar-refractivity contribution in [3.8, 4) is 5.88 Å². The zero-order valence-corrected chi connectivity index (χ0v) is 9.57. The van der Waals surface area contributed by atoms with E-state index >= 15 is 0 Å². The van der Waals surface area contributed by atoms with E-state index in [0.717, 1.165) is 31.8 Å². The van der Waals surface area contributed by atoms with Crippen LogP contribution in [-0.2, 0) is 6.18 Å². The number of piperidine rings is 2. The molecule has 6 heteroatoms.